The van der Waals surface area contributed by atoms with Gasteiger partial charge in [0.15, 0.2) is 5.69 Å². The molecule has 0 unspecified atom stereocenters. The first-order chi connectivity index (χ1) is 9.32. The Kier molecular flexibility index (Phi) is 3.19. The Morgan fingerprint density at radius 3 is 2.60 bits per heavy atom. The monoisotopic (exact) mass is 281 g/mol. The molecule has 0 spiro atoms. The van der Waals surface area contributed by atoms with Gasteiger partial charge in [0.2, 0.25) is 0 Å². The van der Waals surface area contributed by atoms with Crippen LogP contribution in [0, 0.1) is 11.3 Å². The molecule has 0 amide bonds. The number of carbonyl (C=O) groups is 1. The summed E-state index contributed by atoms with van der Waals surface area (Å²) < 4.78 is 39.1. The Morgan fingerprint density at radius 2 is 2.10 bits per heavy atom. The molecular weight excluding hydrogens is 275 g/mol. The largest absolute Gasteiger partial charge is 0.476 e. The summed E-state index contributed by atoms with van der Waals surface area (Å²) in [6, 6.07) is 4.40. The topological polar surface area (TPSA) is 78.9 Å². The van der Waals surface area contributed by atoms with Crippen LogP contribution in [0.15, 0.2) is 30.7 Å². The Labute approximate surface area is 110 Å². The fourth-order valence-corrected chi connectivity index (χ4v) is 1.61. The van der Waals surface area contributed by atoms with Crippen molar-refractivity contribution in [1.82, 2.24) is 9.55 Å². The number of nitrogens with zero attached hydrogens (tertiary/aromatic N) is 3. The van der Waals surface area contributed by atoms with Gasteiger partial charge in [-0.2, -0.15) is 18.4 Å². The summed E-state index contributed by atoms with van der Waals surface area (Å²) >= 11 is 0. The molecule has 0 bridgehead atoms. The van der Waals surface area contributed by atoms with Crippen molar-refractivity contribution in [2.75, 3.05) is 0 Å². The van der Waals surface area contributed by atoms with Gasteiger partial charge in [-0.05, 0) is 18.2 Å². The number of carboxylic acid groups (broad SMARTS) is 1. The van der Waals surface area contributed by atoms with Gasteiger partial charge in [-0.1, -0.05) is 0 Å². The molecular formula is C12H6F3N3O2. The van der Waals surface area contributed by atoms with Crippen molar-refractivity contribution in [2.24, 2.45) is 0 Å². The number of aromatic carboxylic acids is 1. The summed E-state index contributed by atoms with van der Waals surface area (Å²) in [6.07, 6.45) is -2.33. The van der Waals surface area contributed by atoms with E-state index in [4.69, 9.17) is 10.4 Å². The van der Waals surface area contributed by atoms with Gasteiger partial charge in [-0.3, -0.25) is 0 Å². The van der Waals surface area contributed by atoms with E-state index in [0.29, 0.717) is 0 Å². The predicted octanol–water partition coefficient (Wildman–Crippen LogP) is 2.46. The summed E-state index contributed by atoms with van der Waals surface area (Å²) in [7, 11) is 0. The number of halogens is 3. The lowest BCUT2D eigenvalue weighted by Gasteiger charge is -2.10. The lowest BCUT2D eigenvalue weighted by Crippen LogP contribution is -2.08. The molecule has 1 heterocycles. The van der Waals surface area contributed by atoms with E-state index in [9.17, 15) is 18.0 Å². The third-order valence-electron chi connectivity index (χ3n) is 2.53. The summed E-state index contributed by atoms with van der Waals surface area (Å²) in [4.78, 5) is 14.3. The summed E-state index contributed by atoms with van der Waals surface area (Å²) in [6.45, 7) is 0. The number of rotatable bonds is 2. The van der Waals surface area contributed by atoms with Crippen molar-refractivity contribution in [3.8, 4) is 11.8 Å². The molecule has 1 N–H and O–H groups in total. The average molecular weight is 281 g/mol. The maximum atomic E-state index is 12.6. The van der Waals surface area contributed by atoms with Crippen molar-refractivity contribution in [2.45, 2.75) is 6.18 Å². The zero-order chi connectivity index (χ0) is 14.9. The Hall–Kier alpha value is -2.82. The SMILES string of the molecule is N#Cc1cc(-n2cnc(C(=O)O)c2)ccc1C(F)(F)F. The first-order valence-corrected chi connectivity index (χ1v) is 5.22. The molecule has 0 saturated heterocycles. The molecule has 0 saturated carbocycles. The third kappa shape index (κ3) is 2.47. The first kappa shape index (κ1) is 13.6. The minimum absolute atomic E-state index is 0.217. The van der Waals surface area contributed by atoms with E-state index in [2.05, 4.69) is 4.98 Å². The van der Waals surface area contributed by atoms with E-state index < -0.39 is 23.3 Å². The molecule has 0 radical (unpaired) electrons. The molecule has 0 aliphatic heterocycles. The number of nitriles is 1. The van der Waals surface area contributed by atoms with Crippen LogP contribution in [0.25, 0.3) is 5.69 Å². The molecule has 1 aromatic heterocycles. The van der Waals surface area contributed by atoms with E-state index in [0.717, 1.165) is 30.7 Å². The molecule has 0 aliphatic rings. The maximum Gasteiger partial charge on any atom is 0.417 e. The van der Waals surface area contributed by atoms with Crippen LogP contribution in [0.3, 0.4) is 0 Å². The van der Waals surface area contributed by atoms with Gasteiger partial charge in [-0.25, -0.2) is 9.78 Å². The number of benzene rings is 1. The van der Waals surface area contributed by atoms with Crippen LogP contribution >= 0.6 is 0 Å². The maximum absolute atomic E-state index is 12.6. The smallest absolute Gasteiger partial charge is 0.417 e. The summed E-state index contributed by atoms with van der Waals surface area (Å²) in [5.74, 6) is -1.25. The van der Waals surface area contributed by atoms with Crippen LogP contribution in [0.4, 0.5) is 13.2 Å². The fourth-order valence-electron chi connectivity index (χ4n) is 1.61. The molecule has 0 aliphatic carbocycles. The normalized spacial score (nSPS) is 11.1. The minimum atomic E-state index is -4.62. The Balaban J connectivity index is 2.49. The highest BCUT2D eigenvalue weighted by Gasteiger charge is 2.33. The van der Waals surface area contributed by atoms with Crippen molar-refractivity contribution in [1.29, 1.82) is 5.26 Å². The number of hydrogen-bond donors (Lipinski definition) is 1. The zero-order valence-electron chi connectivity index (χ0n) is 9.72. The van der Waals surface area contributed by atoms with Gasteiger partial charge in [-0.15, -0.1) is 0 Å². The van der Waals surface area contributed by atoms with Gasteiger partial charge < -0.3 is 9.67 Å². The van der Waals surface area contributed by atoms with Crippen molar-refractivity contribution >= 4 is 5.97 Å². The third-order valence-corrected chi connectivity index (χ3v) is 2.53. The van der Waals surface area contributed by atoms with Crippen LogP contribution in [0.1, 0.15) is 21.6 Å². The van der Waals surface area contributed by atoms with Gasteiger partial charge in [0.05, 0.1) is 17.2 Å². The highest BCUT2D eigenvalue weighted by atomic mass is 19.4. The number of alkyl halides is 3. The van der Waals surface area contributed by atoms with Gasteiger partial charge in [0.25, 0.3) is 0 Å². The van der Waals surface area contributed by atoms with Crippen LogP contribution in [0.2, 0.25) is 0 Å². The van der Waals surface area contributed by atoms with Gasteiger partial charge >= 0.3 is 12.1 Å². The first-order valence-electron chi connectivity index (χ1n) is 5.22. The molecule has 0 atom stereocenters. The van der Waals surface area contributed by atoms with E-state index in [1.165, 1.54) is 10.6 Å². The predicted molar refractivity (Wildman–Crippen MR) is 60.2 cm³/mol. The summed E-state index contributed by atoms with van der Waals surface area (Å²) in [5.41, 5.74) is -1.61. The van der Waals surface area contributed by atoms with Crippen LogP contribution in [-0.4, -0.2) is 20.6 Å². The van der Waals surface area contributed by atoms with Crippen molar-refractivity contribution in [3.63, 3.8) is 0 Å². The van der Waals surface area contributed by atoms with Crippen LogP contribution < -0.4 is 0 Å². The number of hydrogen-bond acceptors (Lipinski definition) is 3. The van der Waals surface area contributed by atoms with E-state index in [1.807, 2.05) is 0 Å². The number of aromatic nitrogens is 2. The van der Waals surface area contributed by atoms with Crippen molar-refractivity contribution in [3.05, 3.63) is 47.5 Å². The second-order valence-electron chi connectivity index (χ2n) is 3.81. The Morgan fingerprint density at radius 1 is 1.40 bits per heavy atom. The zero-order valence-corrected chi connectivity index (χ0v) is 9.72. The van der Waals surface area contributed by atoms with Crippen LogP contribution in [-0.2, 0) is 6.18 Å². The van der Waals surface area contributed by atoms with Gasteiger partial charge in [0, 0.05) is 11.9 Å². The molecule has 2 aromatic rings. The Bertz CT molecular complexity index is 713. The van der Waals surface area contributed by atoms with E-state index >= 15 is 0 Å². The number of carboxylic acids is 1. The molecule has 20 heavy (non-hydrogen) atoms. The molecule has 102 valence electrons. The van der Waals surface area contributed by atoms with Gasteiger partial charge in [0.1, 0.15) is 6.33 Å². The highest BCUT2D eigenvalue weighted by Crippen LogP contribution is 2.32. The second-order valence-corrected chi connectivity index (χ2v) is 3.81. The minimum Gasteiger partial charge on any atom is -0.476 e. The van der Waals surface area contributed by atoms with Crippen molar-refractivity contribution < 1.29 is 23.1 Å². The highest BCUT2D eigenvalue weighted by molar-refractivity contribution is 5.85. The lowest BCUT2D eigenvalue weighted by molar-refractivity contribution is -0.137. The van der Waals surface area contributed by atoms with Crippen LogP contribution in [0.5, 0.6) is 0 Å². The summed E-state index contributed by atoms with van der Waals surface area (Å²) in [5, 5.41) is 17.5. The number of imidazole rings is 1. The lowest BCUT2D eigenvalue weighted by atomic mass is 10.1. The quantitative estimate of drug-likeness (QED) is 0.917. The standard InChI is InChI=1S/C12H6F3N3O2/c13-12(14,15)9-2-1-8(3-7(9)4-16)18-5-10(11(19)20)17-6-18/h1-3,5-6H,(H,19,20). The molecule has 8 heteroatoms. The average Bonchev–Trinajstić information content (AvgIpc) is 2.86. The van der Waals surface area contributed by atoms with E-state index in [1.54, 1.807) is 0 Å². The molecule has 1 aromatic carbocycles. The second kappa shape index (κ2) is 4.70. The molecule has 5 nitrogen and oxygen atoms in total. The van der Waals surface area contributed by atoms with E-state index in [-0.39, 0.29) is 11.4 Å². The fraction of sp³-hybridized carbons (Fsp3) is 0.0833. The molecule has 2 rings (SSSR count). The molecule has 0 fully saturated rings.